The Kier molecular flexibility index (Phi) is 7.46. The summed E-state index contributed by atoms with van der Waals surface area (Å²) in [5.74, 6) is -3.25. The highest BCUT2D eigenvalue weighted by Gasteiger charge is 2.60. The first kappa shape index (κ1) is 26.1. The Bertz CT molecular complexity index is 1240. The molecule has 0 saturated carbocycles. The fourth-order valence-electron chi connectivity index (χ4n) is 5.02. The van der Waals surface area contributed by atoms with Crippen LogP contribution in [0.2, 0.25) is 0 Å². The van der Waals surface area contributed by atoms with Gasteiger partial charge in [0.05, 0.1) is 28.6 Å². The topological polar surface area (TPSA) is 143 Å². The molecule has 2 aromatic rings. The Hall–Kier alpha value is -3.96. The van der Waals surface area contributed by atoms with Crippen LogP contribution in [0.3, 0.4) is 0 Å². The lowest BCUT2D eigenvalue weighted by Crippen LogP contribution is -2.63. The zero-order valence-corrected chi connectivity index (χ0v) is 20.7. The number of likely N-dealkylation sites (N-methyl/N-ethyl adjacent to an activating group) is 1. The first-order valence-corrected chi connectivity index (χ1v) is 12.0. The standard InChI is InChI=1S/C26H28N4O7/c1-4-28(13-17-9-11-27-12-10-17)14-20-15(2)22-21(16(3)31)24(32)29(22)23(20)26(34)37-25(33)18-5-7-19(8-6-18)30(35)36/h5-12,15-16,21-22,31H,4,13-14H2,1-3H3/t15-,16+,21+,22+/m0/s1. The number of ether oxygens (including phenoxy) is 1. The van der Waals surface area contributed by atoms with E-state index in [2.05, 4.69) is 9.88 Å². The Labute approximate surface area is 213 Å². The average Bonchev–Trinajstić information content (AvgIpc) is 3.11. The van der Waals surface area contributed by atoms with Crippen LogP contribution < -0.4 is 0 Å². The molecular weight excluding hydrogens is 480 g/mol. The van der Waals surface area contributed by atoms with Crippen molar-refractivity contribution >= 4 is 23.5 Å². The molecule has 4 atom stereocenters. The van der Waals surface area contributed by atoms with Crippen LogP contribution in [0, 0.1) is 22.0 Å². The third-order valence-electron chi connectivity index (χ3n) is 7.00. The molecule has 1 N–H and O–H groups in total. The van der Waals surface area contributed by atoms with Gasteiger partial charge in [-0.3, -0.25) is 24.8 Å². The number of fused-ring (bicyclic) bond motifs is 1. The number of non-ortho nitro benzene ring substituents is 1. The van der Waals surface area contributed by atoms with Gasteiger partial charge in [-0.2, -0.15) is 0 Å². The predicted molar refractivity (Wildman–Crippen MR) is 131 cm³/mol. The van der Waals surface area contributed by atoms with Gasteiger partial charge in [0.2, 0.25) is 5.91 Å². The van der Waals surface area contributed by atoms with Gasteiger partial charge < -0.3 is 14.7 Å². The fraction of sp³-hybridized carbons (Fsp3) is 0.385. The van der Waals surface area contributed by atoms with Gasteiger partial charge in [-0.1, -0.05) is 13.8 Å². The predicted octanol–water partition coefficient (Wildman–Crippen LogP) is 2.31. The molecule has 11 heteroatoms. The lowest BCUT2D eigenvalue weighted by molar-refractivity contribution is -0.384. The van der Waals surface area contributed by atoms with E-state index in [1.807, 2.05) is 26.0 Å². The second kappa shape index (κ2) is 10.6. The van der Waals surface area contributed by atoms with Crippen molar-refractivity contribution in [2.24, 2.45) is 11.8 Å². The molecule has 0 bridgehead atoms. The number of aromatic nitrogens is 1. The number of β-lactam (4-membered cyclic amide) rings is 1. The molecule has 0 radical (unpaired) electrons. The number of nitro groups is 1. The molecule has 1 aromatic carbocycles. The molecule has 2 aliphatic heterocycles. The second-order valence-electron chi connectivity index (χ2n) is 9.27. The molecule has 194 valence electrons. The summed E-state index contributed by atoms with van der Waals surface area (Å²) in [5, 5.41) is 21.1. The summed E-state index contributed by atoms with van der Waals surface area (Å²) < 4.78 is 5.14. The molecule has 1 fully saturated rings. The summed E-state index contributed by atoms with van der Waals surface area (Å²) >= 11 is 0. The van der Waals surface area contributed by atoms with E-state index in [0.717, 1.165) is 17.7 Å². The van der Waals surface area contributed by atoms with Crippen LogP contribution in [-0.4, -0.2) is 67.9 Å². The number of hydrogen-bond acceptors (Lipinski definition) is 9. The molecule has 4 rings (SSSR count). The van der Waals surface area contributed by atoms with E-state index in [0.29, 0.717) is 25.2 Å². The van der Waals surface area contributed by atoms with Crippen LogP contribution in [0.15, 0.2) is 60.1 Å². The van der Waals surface area contributed by atoms with Gasteiger partial charge in [-0.05, 0) is 48.9 Å². The number of aliphatic hydroxyl groups is 1. The number of pyridine rings is 1. The zero-order valence-electron chi connectivity index (χ0n) is 20.7. The van der Waals surface area contributed by atoms with Crippen molar-refractivity contribution < 1.29 is 29.2 Å². The van der Waals surface area contributed by atoms with Crippen molar-refractivity contribution in [3.63, 3.8) is 0 Å². The van der Waals surface area contributed by atoms with E-state index < -0.39 is 40.8 Å². The van der Waals surface area contributed by atoms with Crippen molar-refractivity contribution in [1.82, 2.24) is 14.8 Å². The Morgan fingerprint density at radius 1 is 1.16 bits per heavy atom. The largest absolute Gasteiger partial charge is 0.393 e. The number of carbonyl (C=O) groups is 3. The van der Waals surface area contributed by atoms with E-state index in [4.69, 9.17) is 4.74 Å². The van der Waals surface area contributed by atoms with Crippen LogP contribution in [0.1, 0.15) is 36.7 Å². The van der Waals surface area contributed by atoms with Crippen LogP contribution in [0.25, 0.3) is 0 Å². The smallest absolute Gasteiger partial charge is 0.362 e. The van der Waals surface area contributed by atoms with Gasteiger partial charge in [-0.15, -0.1) is 0 Å². The third-order valence-corrected chi connectivity index (χ3v) is 7.00. The van der Waals surface area contributed by atoms with Gasteiger partial charge in [0, 0.05) is 43.5 Å². The molecule has 1 amide bonds. The van der Waals surface area contributed by atoms with Crippen LogP contribution in [0.5, 0.6) is 0 Å². The minimum absolute atomic E-state index is 0.0165. The van der Waals surface area contributed by atoms with Crippen molar-refractivity contribution in [2.75, 3.05) is 13.1 Å². The van der Waals surface area contributed by atoms with Gasteiger partial charge in [0.15, 0.2) is 0 Å². The molecule has 0 unspecified atom stereocenters. The van der Waals surface area contributed by atoms with Gasteiger partial charge in [0.1, 0.15) is 5.70 Å². The van der Waals surface area contributed by atoms with E-state index >= 15 is 0 Å². The van der Waals surface area contributed by atoms with Crippen molar-refractivity contribution in [3.8, 4) is 0 Å². The summed E-state index contributed by atoms with van der Waals surface area (Å²) in [6.07, 6.45) is 2.50. The number of nitrogens with zero attached hydrogens (tertiary/aromatic N) is 4. The summed E-state index contributed by atoms with van der Waals surface area (Å²) in [6, 6.07) is 8.07. The number of aliphatic hydroxyl groups excluding tert-OH is 1. The quantitative estimate of drug-likeness (QED) is 0.177. The highest BCUT2D eigenvalue weighted by Crippen LogP contribution is 2.47. The van der Waals surface area contributed by atoms with E-state index in [-0.39, 0.29) is 22.9 Å². The molecule has 3 heterocycles. The molecule has 1 aromatic heterocycles. The minimum Gasteiger partial charge on any atom is -0.393 e. The maximum absolute atomic E-state index is 13.3. The number of hydrogen-bond donors (Lipinski definition) is 1. The first-order valence-electron chi connectivity index (χ1n) is 12.0. The lowest BCUT2D eigenvalue weighted by Gasteiger charge is -2.46. The minimum atomic E-state index is -0.980. The molecule has 37 heavy (non-hydrogen) atoms. The van der Waals surface area contributed by atoms with E-state index in [9.17, 15) is 29.6 Å². The van der Waals surface area contributed by atoms with Crippen LogP contribution in [-0.2, 0) is 20.9 Å². The van der Waals surface area contributed by atoms with Gasteiger partial charge in [-0.25, -0.2) is 9.59 Å². The Morgan fingerprint density at radius 2 is 1.81 bits per heavy atom. The number of esters is 2. The Balaban J connectivity index is 1.61. The summed E-state index contributed by atoms with van der Waals surface area (Å²) in [7, 11) is 0. The van der Waals surface area contributed by atoms with Crippen molar-refractivity contribution in [1.29, 1.82) is 0 Å². The summed E-state index contributed by atoms with van der Waals surface area (Å²) in [4.78, 5) is 56.7. The highest BCUT2D eigenvalue weighted by atomic mass is 16.6. The normalized spacial score (nSPS) is 21.5. The lowest BCUT2D eigenvalue weighted by atomic mass is 9.77. The number of carbonyl (C=O) groups excluding carboxylic acids is 3. The zero-order chi connectivity index (χ0) is 26.9. The number of amides is 1. The highest BCUT2D eigenvalue weighted by molar-refractivity contribution is 6.06. The molecule has 2 aliphatic rings. The SMILES string of the molecule is CCN(CC1=C(C(=O)OC(=O)c2ccc([N+](=O)[O-])cc2)N2C(=O)[C@H]([C@@H](C)O)[C@H]2[C@H]1C)Cc1ccncc1. The number of benzene rings is 1. The number of rotatable bonds is 9. The maximum Gasteiger partial charge on any atom is 0.362 e. The van der Waals surface area contributed by atoms with Crippen molar-refractivity contribution in [3.05, 3.63) is 81.3 Å². The second-order valence-corrected chi connectivity index (χ2v) is 9.27. The van der Waals surface area contributed by atoms with Crippen LogP contribution in [0.4, 0.5) is 5.69 Å². The van der Waals surface area contributed by atoms with Gasteiger partial charge >= 0.3 is 11.9 Å². The summed E-state index contributed by atoms with van der Waals surface area (Å²) in [5.41, 5.74) is 1.46. The van der Waals surface area contributed by atoms with E-state index in [1.54, 1.807) is 19.3 Å². The molecule has 11 nitrogen and oxygen atoms in total. The Morgan fingerprint density at radius 3 is 2.38 bits per heavy atom. The monoisotopic (exact) mass is 508 g/mol. The van der Waals surface area contributed by atoms with Crippen molar-refractivity contribution in [2.45, 2.75) is 39.5 Å². The van der Waals surface area contributed by atoms with Gasteiger partial charge in [0.25, 0.3) is 5.69 Å². The molecule has 1 saturated heterocycles. The summed E-state index contributed by atoms with van der Waals surface area (Å²) in [6.45, 7) is 7.01. The maximum atomic E-state index is 13.3. The fourth-order valence-corrected chi connectivity index (χ4v) is 5.02. The molecule has 0 spiro atoms. The number of nitro benzene ring substituents is 1. The van der Waals surface area contributed by atoms with Crippen LogP contribution >= 0.6 is 0 Å². The van der Waals surface area contributed by atoms with E-state index in [1.165, 1.54) is 17.0 Å². The molecular formula is C26H28N4O7. The first-order chi connectivity index (χ1) is 17.6. The average molecular weight is 509 g/mol. The third kappa shape index (κ3) is 5.00. The molecule has 0 aliphatic carbocycles.